The first kappa shape index (κ1) is 14.4. The molecule has 2 aliphatic rings. The molecule has 1 saturated heterocycles. The predicted octanol–water partition coefficient (Wildman–Crippen LogP) is 3.89. The summed E-state index contributed by atoms with van der Waals surface area (Å²) in [4.78, 5) is 14.5. The number of carbonyl (C=O) groups is 1. The highest BCUT2D eigenvalue weighted by atomic mass is 16.3. The van der Waals surface area contributed by atoms with E-state index in [1.54, 1.807) is 12.1 Å². The van der Waals surface area contributed by atoms with E-state index in [1.165, 1.54) is 32.1 Å². The van der Waals surface area contributed by atoms with E-state index in [0.717, 1.165) is 31.5 Å². The Labute approximate surface area is 127 Å². The fraction of sp³-hybridized carbons (Fsp3) is 0.611. The molecule has 21 heavy (non-hydrogen) atoms. The van der Waals surface area contributed by atoms with Gasteiger partial charge >= 0.3 is 0 Å². The number of hydrogen-bond donors (Lipinski definition) is 1. The highest BCUT2D eigenvalue weighted by Gasteiger charge is 2.37. The van der Waals surface area contributed by atoms with Crippen molar-refractivity contribution in [3.63, 3.8) is 0 Å². The maximum atomic E-state index is 12.6. The average molecular weight is 287 g/mol. The smallest absolute Gasteiger partial charge is 0.257 e. The van der Waals surface area contributed by atoms with Gasteiger partial charge in [-0.2, -0.15) is 0 Å². The molecule has 1 amide bonds. The molecule has 2 fully saturated rings. The Morgan fingerprint density at radius 3 is 2.43 bits per heavy atom. The van der Waals surface area contributed by atoms with Crippen LogP contribution in [0.3, 0.4) is 0 Å². The molecule has 1 heterocycles. The number of aromatic hydroxyl groups is 1. The topological polar surface area (TPSA) is 40.5 Å². The molecule has 114 valence electrons. The second-order valence-corrected chi connectivity index (χ2v) is 6.87. The van der Waals surface area contributed by atoms with Crippen molar-refractivity contribution in [2.45, 2.75) is 51.9 Å². The molecule has 0 aromatic heterocycles. The van der Waals surface area contributed by atoms with Crippen LogP contribution in [0.4, 0.5) is 0 Å². The zero-order valence-corrected chi connectivity index (χ0v) is 12.9. The minimum atomic E-state index is -0.0122. The van der Waals surface area contributed by atoms with Gasteiger partial charge in [-0.05, 0) is 50.2 Å². The highest BCUT2D eigenvalue weighted by molar-refractivity contribution is 5.97. The normalized spacial score (nSPS) is 21.5. The van der Waals surface area contributed by atoms with Crippen molar-refractivity contribution in [3.8, 4) is 5.75 Å². The van der Waals surface area contributed by atoms with Crippen LogP contribution in [0, 0.1) is 12.3 Å². The van der Waals surface area contributed by atoms with Crippen LogP contribution in [0.2, 0.25) is 0 Å². The lowest BCUT2D eigenvalue weighted by molar-refractivity contribution is 0.0469. The number of likely N-dealkylation sites (tertiary alicyclic amines) is 1. The molecule has 3 heteroatoms. The van der Waals surface area contributed by atoms with Gasteiger partial charge in [0.05, 0.1) is 5.56 Å². The molecular formula is C18H25NO2. The summed E-state index contributed by atoms with van der Waals surface area (Å²) in [6.07, 6.45) is 9.02. The van der Waals surface area contributed by atoms with Crippen LogP contribution in [0.15, 0.2) is 18.2 Å². The number of carbonyl (C=O) groups excluding carboxylic acids is 1. The minimum absolute atomic E-state index is 0.0122. The van der Waals surface area contributed by atoms with Crippen LogP contribution >= 0.6 is 0 Å². The Kier molecular flexibility index (Phi) is 3.92. The van der Waals surface area contributed by atoms with Crippen LogP contribution in [0.1, 0.15) is 60.9 Å². The molecular weight excluding hydrogens is 262 g/mol. The number of hydrogen-bond acceptors (Lipinski definition) is 2. The number of phenolic OH excluding ortho intramolecular Hbond substituents is 1. The first-order valence-corrected chi connectivity index (χ1v) is 8.19. The van der Waals surface area contributed by atoms with Crippen molar-refractivity contribution >= 4 is 5.91 Å². The van der Waals surface area contributed by atoms with Crippen LogP contribution in [-0.2, 0) is 0 Å². The Morgan fingerprint density at radius 2 is 1.76 bits per heavy atom. The van der Waals surface area contributed by atoms with Crippen molar-refractivity contribution in [2.75, 3.05) is 13.1 Å². The predicted molar refractivity (Wildman–Crippen MR) is 83.5 cm³/mol. The van der Waals surface area contributed by atoms with Gasteiger partial charge in [0, 0.05) is 13.1 Å². The summed E-state index contributed by atoms with van der Waals surface area (Å²) in [5.74, 6) is 0.0883. The molecule has 1 aliphatic carbocycles. The van der Waals surface area contributed by atoms with Gasteiger partial charge in [0.25, 0.3) is 5.91 Å². The van der Waals surface area contributed by atoms with E-state index in [1.807, 2.05) is 17.9 Å². The molecule has 1 N–H and O–H groups in total. The van der Waals surface area contributed by atoms with Crippen LogP contribution in [-0.4, -0.2) is 29.0 Å². The lowest BCUT2D eigenvalue weighted by Crippen LogP contribution is -2.43. The van der Waals surface area contributed by atoms with Crippen molar-refractivity contribution in [3.05, 3.63) is 29.3 Å². The fourth-order valence-corrected chi connectivity index (χ4v) is 3.98. The largest absolute Gasteiger partial charge is 0.507 e. The Hall–Kier alpha value is -1.51. The molecule has 3 nitrogen and oxygen atoms in total. The third-order valence-electron chi connectivity index (χ3n) is 5.41. The number of amides is 1. The van der Waals surface area contributed by atoms with E-state index in [-0.39, 0.29) is 11.7 Å². The van der Waals surface area contributed by atoms with Crippen LogP contribution < -0.4 is 0 Å². The number of piperidine rings is 1. The second kappa shape index (κ2) is 5.70. The third kappa shape index (κ3) is 2.92. The molecule has 1 saturated carbocycles. The standard InChI is InChI=1S/C18H25NO2/c1-14-5-6-16(20)15(13-14)17(21)19-11-9-18(10-12-19)7-3-2-4-8-18/h5-6,13,20H,2-4,7-12H2,1H3. The molecule has 0 unspecified atom stereocenters. The van der Waals surface area contributed by atoms with Gasteiger partial charge in [-0.3, -0.25) is 4.79 Å². The summed E-state index contributed by atoms with van der Waals surface area (Å²) in [6, 6.07) is 5.25. The minimum Gasteiger partial charge on any atom is -0.507 e. The first-order chi connectivity index (χ1) is 10.1. The summed E-state index contributed by atoms with van der Waals surface area (Å²) in [6.45, 7) is 3.63. The van der Waals surface area contributed by atoms with Crippen molar-refractivity contribution < 1.29 is 9.90 Å². The summed E-state index contributed by atoms with van der Waals surface area (Å²) in [5, 5.41) is 9.93. The number of rotatable bonds is 1. The van der Waals surface area contributed by atoms with E-state index in [0.29, 0.717) is 11.0 Å². The first-order valence-electron chi connectivity index (χ1n) is 8.19. The van der Waals surface area contributed by atoms with Gasteiger partial charge in [-0.1, -0.05) is 30.9 Å². The van der Waals surface area contributed by atoms with Crippen LogP contribution in [0.5, 0.6) is 5.75 Å². The van der Waals surface area contributed by atoms with Gasteiger partial charge in [-0.15, -0.1) is 0 Å². The van der Waals surface area contributed by atoms with E-state index in [9.17, 15) is 9.90 Å². The van der Waals surface area contributed by atoms with E-state index in [4.69, 9.17) is 0 Å². The lowest BCUT2D eigenvalue weighted by atomic mass is 9.68. The third-order valence-corrected chi connectivity index (χ3v) is 5.41. The monoisotopic (exact) mass is 287 g/mol. The number of phenols is 1. The van der Waals surface area contributed by atoms with Crippen molar-refractivity contribution in [2.24, 2.45) is 5.41 Å². The fourth-order valence-electron chi connectivity index (χ4n) is 3.98. The zero-order valence-electron chi connectivity index (χ0n) is 12.9. The molecule has 0 atom stereocenters. The van der Waals surface area contributed by atoms with Gasteiger partial charge in [0.1, 0.15) is 5.75 Å². The highest BCUT2D eigenvalue weighted by Crippen LogP contribution is 2.44. The molecule has 3 rings (SSSR count). The molecule has 0 bridgehead atoms. The number of benzene rings is 1. The molecule has 1 spiro atoms. The Balaban J connectivity index is 1.69. The van der Waals surface area contributed by atoms with Crippen molar-refractivity contribution in [1.29, 1.82) is 0 Å². The Bertz CT molecular complexity index is 522. The molecule has 1 aromatic carbocycles. The Morgan fingerprint density at radius 1 is 1.10 bits per heavy atom. The SMILES string of the molecule is Cc1ccc(O)c(C(=O)N2CCC3(CCCCC3)CC2)c1. The van der Waals surface area contributed by atoms with Gasteiger partial charge in [0.2, 0.25) is 0 Å². The van der Waals surface area contributed by atoms with Crippen LogP contribution in [0.25, 0.3) is 0 Å². The maximum Gasteiger partial charge on any atom is 0.257 e. The van der Waals surface area contributed by atoms with E-state index in [2.05, 4.69) is 0 Å². The summed E-state index contributed by atoms with van der Waals surface area (Å²) in [5.41, 5.74) is 1.97. The summed E-state index contributed by atoms with van der Waals surface area (Å²) < 4.78 is 0. The second-order valence-electron chi connectivity index (χ2n) is 6.87. The quantitative estimate of drug-likeness (QED) is 0.851. The maximum absolute atomic E-state index is 12.6. The zero-order chi connectivity index (χ0) is 14.9. The van der Waals surface area contributed by atoms with Crippen molar-refractivity contribution in [1.82, 2.24) is 4.90 Å². The van der Waals surface area contributed by atoms with Gasteiger partial charge in [0.15, 0.2) is 0 Å². The van der Waals surface area contributed by atoms with E-state index >= 15 is 0 Å². The van der Waals surface area contributed by atoms with Gasteiger partial charge in [-0.25, -0.2) is 0 Å². The average Bonchev–Trinajstić information content (AvgIpc) is 2.51. The van der Waals surface area contributed by atoms with E-state index < -0.39 is 0 Å². The molecule has 1 aromatic rings. The molecule has 0 radical (unpaired) electrons. The number of aryl methyl sites for hydroxylation is 1. The summed E-state index contributed by atoms with van der Waals surface area (Å²) >= 11 is 0. The number of nitrogens with zero attached hydrogens (tertiary/aromatic N) is 1. The molecule has 1 aliphatic heterocycles. The van der Waals surface area contributed by atoms with Gasteiger partial charge < -0.3 is 10.0 Å². The lowest BCUT2D eigenvalue weighted by Gasteiger charge is -2.44. The summed E-state index contributed by atoms with van der Waals surface area (Å²) in [7, 11) is 0.